The Hall–Kier alpha value is -0.670. The molecule has 0 fully saturated rings. The minimum atomic E-state index is -0.210. The third kappa shape index (κ3) is 3.24. The Morgan fingerprint density at radius 2 is 2.21 bits per heavy atom. The summed E-state index contributed by atoms with van der Waals surface area (Å²) in [5, 5.41) is 9.40. The summed E-state index contributed by atoms with van der Waals surface area (Å²) in [6.45, 7) is 3.98. The summed E-state index contributed by atoms with van der Waals surface area (Å²) in [5.74, 6) is 0.750. The van der Waals surface area contributed by atoms with E-state index in [9.17, 15) is 5.11 Å². The van der Waals surface area contributed by atoms with Gasteiger partial charge in [-0.1, -0.05) is 6.92 Å². The molecule has 1 unspecified atom stereocenters. The molecule has 0 amide bonds. The molecule has 3 N–H and O–H groups in total. The van der Waals surface area contributed by atoms with E-state index in [0.717, 1.165) is 23.4 Å². The first kappa shape index (κ1) is 11.4. The summed E-state index contributed by atoms with van der Waals surface area (Å²) >= 11 is 1.67. The maximum Gasteiger partial charge on any atom is 0.0631 e. The highest BCUT2D eigenvalue weighted by Gasteiger charge is 2.02. The Morgan fingerprint density at radius 1 is 1.50 bits per heavy atom. The Balaban J connectivity index is 2.55. The van der Waals surface area contributed by atoms with Gasteiger partial charge in [-0.15, -0.1) is 11.8 Å². The van der Waals surface area contributed by atoms with E-state index >= 15 is 0 Å². The van der Waals surface area contributed by atoms with E-state index in [1.807, 2.05) is 26.0 Å². The topological polar surface area (TPSA) is 46.2 Å². The van der Waals surface area contributed by atoms with Crippen molar-refractivity contribution < 1.29 is 5.11 Å². The van der Waals surface area contributed by atoms with E-state index in [-0.39, 0.29) is 6.10 Å². The molecule has 1 aromatic rings. The second kappa shape index (κ2) is 5.27. The van der Waals surface area contributed by atoms with Crippen molar-refractivity contribution in [3.05, 3.63) is 23.8 Å². The van der Waals surface area contributed by atoms with Crippen LogP contribution in [0, 0.1) is 6.92 Å². The van der Waals surface area contributed by atoms with Gasteiger partial charge in [0.05, 0.1) is 6.10 Å². The number of hydrogen-bond acceptors (Lipinski definition) is 3. The largest absolute Gasteiger partial charge is 0.399 e. The number of aliphatic hydroxyl groups is 1. The van der Waals surface area contributed by atoms with Gasteiger partial charge in [-0.2, -0.15) is 0 Å². The van der Waals surface area contributed by atoms with E-state index < -0.39 is 0 Å². The van der Waals surface area contributed by atoms with Crippen molar-refractivity contribution in [2.24, 2.45) is 0 Å². The van der Waals surface area contributed by atoms with Crippen LogP contribution in [0.5, 0.6) is 0 Å². The number of benzene rings is 1. The molecule has 1 atom stereocenters. The standard InChI is InChI=1S/C11H17NOS/c1-3-9(13)7-14-10-4-5-11(12)8(2)6-10/h4-6,9,13H,3,7,12H2,1-2H3. The van der Waals surface area contributed by atoms with Crippen molar-refractivity contribution in [3.8, 4) is 0 Å². The molecule has 0 aromatic heterocycles. The summed E-state index contributed by atoms with van der Waals surface area (Å²) in [5.41, 5.74) is 7.63. The van der Waals surface area contributed by atoms with Crippen molar-refractivity contribution in [2.75, 3.05) is 11.5 Å². The van der Waals surface area contributed by atoms with E-state index in [1.54, 1.807) is 11.8 Å². The van der Waals surface area contributed by atoms with Crippen LogP contribution in [-0.2, 0) is 0 Å². The molecular weight excluding hydrogens is 194 g/mol. The van der Waals surface area contributed by atoms with Crippen LogP contribution in [0.1, 0.15) is 18.9 Å². The molecule has 14 heavy (non-hydrogen) atoms. The fourth-order valence-electron chi connectivity index (χ4n) is 1.05. The summed E-state index contributed by atoms with van der Waals surface area (Å²) in [4.78, 5) is 1.17. The molecule has 0 spiro atoms. The second-order valence-corrected chi connectivity index (χ2v) is 4.48. The first-order chi connectivity index (χ1) is 6.63. The summed E-state index contributed by atoms with van der Waals surface area (Å²) in [7, 11) is 0. The number of thioether (sulfide) groups is 1. The number of aryl methyl sites for hydroxylation is 1. The fraction of sp³-hybridized carbons (Fsp3) is 0.455. The Kier molecular flexibility index (Phi) is 4.29. The van der Waals surface area contributed by atoms with E-state index in [0.29, 0.717) is 0 Å². The quantitative estimate of drug-likeness (QED) is 0.594. The SMILES string of the molecule is CCC(O)CSc1ccc(N)c(C)c1. The van der Waals surface area contributed by atoms with E-state index in [2.05, 4.69) is 6.07 Å². The average molecular weight is 211 g/mol. The molecule has 78 valence electrons. The molecule has 0 aliphatic rings. The van der Waals surface area contributed by atoms with Gasteiger partial charge < -0.3 is 10.8 Å². The molecule has 3 heteroatoms. The third-order valence-electron chi connectivity index (χ3n) is 2.15. The van der Waals surface area contributed by atoms with Crippen LogP contribution in [-0.4, -0.2) is 17.0 Å². The molecular formula is C11H17NOS. The number of aliphatic hydroxyl groups excluding tert-OH is 1. The molecule has 0 saturated carbocycles. The first-order valence-electron chi connectivity index (χ1n) is 4.80. The fourth-order valence-corrected chi connectivity index (χ4v) is 2.09. The van der Waals surface area contributed by atoms with Gasteiger partial charge in [0.25, 0.3) is 0 Å². The van der Waals surface area contributed by atoms with Crippen LogP contribution in [0.25, 0.3) is 0 Å². The van der Waals surface area contributed by atoms with Gasteiger partial charge in [0.15, 0.2) is 0 Å². The number of nitrogen functional groups attached to an aromatic ring is 1. The molecule has 0 aliphatic carbocycles. The maximum absolute atomic E-state index is 9.40. The van der Waals surface area contributed by atoms with Crippen LogP contribution in [0.2, 0.25) is 0 Å². The summed E-state index contributed by atoms with van der Waals surface area (Å²) < 4.78 is 0. The summed E-state index contributed by atoms with van der Waals surface area (Å²) in [6, 6.07) is 5.97. The van der Waals surface area contributed by atoms with Crippen LogP contribution in [0.3, 0.4) is 0 Å². The van der Waals surface area contributed by atoms with Crippen molar-refractivity contribution in [1.29, 1.82) is 0 Å². The lowest BCUT2D eigenvalue weighted by molar-refractivity contribution is 0.195. The smallest absolute Gasteiger partial charge is 0.0631 e. The first-order valence-corrected chi connectivity index (χ1v) is 5.79. The monoisotopic (exact) mass is 211 g/mol. The molecule has 0 heterocycles. The highest BCUT2D eigenvalue weighted by molar-refractivity contribution is 7.99. The predicted molar refractivity (Wildman–Crippen MR) is 62.6 cm³/mol. The van der Waals surface area contributed by atoms with E-state index in [4.69, 9.17) is 5.73 Å². The van der Waals surface area contributed by atoms with Crippen molar-refractivity contribution in [2.45, 2.75) is 31.3 Å². The molecule has 0 bridgehead atoms. The lowest BCUT2D eigenvalue weighted by atomic mass is 10.2. The molecule has 0 saturated heterocycles. The highest BCUT2D eigenvalue weighted by atomic mass is 32.2. The minimum absolute atomic E-state index is 0.210. The van der Waals surface area contributed by atoms with Crippen molar-refractivity contribution >= 4 is 17.4 Å². The average Bonchev–Trinajstić information content (AvgIpc) is 2.19. The number of anilines is 1. The van der Waals surface area contributed by atoms with Crippen molar-refractivity contribution in [3.63, 3.8) is 0 Å². The summed E-state index contributed by atoms with van der Waals surface area (Å²) in [6.07, 6.45) is 0.596. The Labute approximate surface area is 89.5 Å². The predicted octanol–water partition coefficient (Wildman–Crippen LogP) is 2.44. The van der Waals surface area contributed by atoms with Gasteiger partial charge in [0.2, 0.25) is 0 Å². The van der Waals surface area contributed by atoms with Crippen LogP contribution in [0.15, 0.2) is 23.1 Å². The van der Waals surface area contributed by atoms with E-state index in [1.165, 1.54) is 4.90 Å². The normalized spacial score (nSPS) is 12.8. The van der Waals surface area contributed by atoms with Crippen molar-refractivity contribution in [1.82, 2.24) is 0 Å². The number of hydrogen-bond donors (Lipinski definition) is 2. The molecule has 2 nitrogen and oxygen atoms in total. The van der Waals surface area contributed by atoms with Gasteiger partial charge in [0.1, 0.15) is 0 Å². The van der Waals surface area contributed by atoms with Gasteiger partial charge in [0, 0.05) is 16.3 Å². The van der Waals surface area contributed by atoms with Crippen LogP contribution < -0.4 is 5.73 Å². The molecule has 1 aromatic carbocycles. The van der Waals surface area contributed by atoms with Gasteiger partial charge >= 0.3 is 0 Å². The van der Waals surface area contributed by atoms with Crippen LogP contribution >= 0.6 is 11.8 Å². The highest BCUT2D eigenvalue weighted by Crippen LogP contribution is 2.23. The lowest BCUT2D eigenvalue weighted by Gasteiger charge is -2.08. The molecule has 0 aliphatic heterocycles. The zero-order valence-corrected chi connectivity index (χ0v) is 9.47. The Bertz CT molecular complexity index is 301. The second-order valence-electron chi connectivity index (χ2n) is 3.39. The maximum atomic E-state index is 9.40. The number of nitrogens with two attached hydrogens (primary N) is 1. The van der Waals surface area contributed by atoms with Gasteiger partial charge in [-0.25, -0.2) is 0 Å². The zero-order valence-electron chi connectivity index (χ0n) is 8.66. The number of rotatable bonds is 4. The van der Waals surface area contributed by atoms with Crippen LogP contribution in [0.4, 0.5) is 5.69 Å². The lowest BCUT2D eigenvalue weighted by Crippen LogP contribution is -2.07. The zero-order chi connectivity index (χ0) is 10.6. The molecule has 1 rings (SSSR count). The Morgan fingerprint density at radius 3 is 2.79 bits per heavy atom. The van der Waals surface area contributed by atoms with Gasteiger partial charge in [-0.05, 0) is 37.1 Å². The third-order valence-corrected chi connectivity index (χ3v) is 3.29. The minimum Gasteiger partial charge on any atom is -0.399 e. The van der Waals surface area contributed by atoms with Gasteiger partial charge in [-0.3, -0.25) is 0 Å². The molecule has 0 radical (unpaired) electrons.